The van der Waals surface area contributed by atoms with Gasteiger partial charge in [-0.25, -0.2) is 0 Å². The molecule has 0 aromatic heterocycles. The molecular weight excluding hydrogens is 162 g/mol. The molecule has 0 amide bonds. The third kappa shape index (κ3) is 1.53. The number of hydrogen-bond acceptors (Lipinski definition) is 2. The first-order chi connectivity index (χ1) is 4.85. The molecule has 2 saturated heterocycles. The molecule has 0 aromatic rings. The topological polar surface area (TPSA) is 21.3 Å². The lowest BCUT2D eigenvalue weighted by molar-refractivity contribution is 0.124. The van der Waals surface area contributed by atoms with Crippen molar-refractivity contribution < 1.29 is 4.74 Å². The van der Waals surface area contributed by atoms with E-state index in [9.17, 15) is 0 Å². The van der Waals surface area contributed by atoms with Gasteiger partial charge in [0.15, 0.2) is 0 Å². The normalized spacial score (nSPS) is 40.6. The van der Waals surface area contributed by atoms with E-state index in [4.69, 9.17) is 4.74 Å². The van der Waals surface area contributed by atoms with Gasteiger partial charge >= 0.3 is 0 Å². The summed E-state index contributed by atoms with van der Waals surface area (Å²) in [6, 6.07) is 0.815. The van der Waals surface area contributed by atoms with Gasteiger partial charge in [-0.3, -0.25) is 0 Å². The van der Waals surface area contributed by atoms with Crippen LogP contribution in [0.5, 0.6) is 0 Å². The quantitative estimate of drug-likeness (QED) is 0.688. The smallest absolute Gasteiger partial charge is 0.0644 e. The predicted molar refractivity (Wildman–Crippen MR) is 47.2 cm³/mol. The Morgan fingerprint density at radius 3 is 2.45 bits per heavy atom. The molecule has 0 aromatic carbocycles. The lowest BCUT2D eigenvalue weighted by atomic mass is 9.89. The monoisotopic (exact) mass is 177 g/mol. The van der Waals surface area contributed by atoms with Gasteiger partial charge in [0.1, 0.15) is 0 Å². The molecule has 0 spiro atoms. The van der Waals surface area contributed by atoms with E-state index in [1.54, 1.807) is 7.11 Å². The zero-order valence-electron chi connectivity index (χ0n) is 6.93. The van der Waals surface area contributed by atoms with Crippen LogP contribution >= 0.6 is 12.4 Å². The zero-order valence-corrected chi connectivity index (χ0v) is 7.75. The van der Waals surface area contributed by atoms with E-state index in [-0.39, 0.29) is 12.4 Å². The van der Waals surface area contributed by atoms with Crippen LogP contribution in [0.1, 0.15) is 25.7 Å². The summed E-state index contributed by atoms with van der Waals surface area (Å²) in [6.07, 6.45) is 5.38. The summed E-state index contributed by atoms with van der Waals surface area (Å²) in [5.74, 6) is 0. The first-order valence-electron chi connectivity index (χ1n) is 4.11. The van der Waals surface area contributed by atoms with E-state index < -0.39 is 0 Å². The fourth-order valence-electron chi connectivity index (χ4n) is 2.35. The van der Waals surface area contributed by atoms with Gasteiger partial charge in [0.05, 0.1) is 6.61 Å². The van der Waals surface area contributed by atoms with Crippen LogP contribution in [-0.4, -0.2) is 25.3 Å². The number of rotatable bonds is 2. The minimum atomic E-state index is 0. The largest absolute Gasteiger partial charge is 0.383 e. The summed E-state index contributed by atoms with van der Waals surface area (Å²) in [4.78, 5) is 0. The molecule has 2 rings (SSSR count). The van der Waals surface area contributed by atoms with Crippen LogP contribution in [0.2, 0.25) is 0 Å². The third-order valence-electron chi connectivity index (χ3n) is 2.87. The Hall–Kier alpha value is 0.210. The van der Waals surface area contributed by atoms with Crippen molar-refractivity contribution in [1.82, 2.24) is 5.32 Å². The molecule has 0 radical (unpaired) electrons. The molecule has 0 saturated carbocycles. The van der Waals surface area contributed by atoms with E-state index in [1.165, 1.54) is 25.7 Å². The molecule has 2 aliphatic rings. The standard InChI is InChI=1S/C8H15NO.ClH/c1-10-6-8-4-2-7(9-8)3-5-8;/h7,9H,2-6H2,1H3;1H. The fraction of sp³-hybridized carbons (Fsp3) is 1.00. The van der Waals surface area contributed by atoms with Crippen molar-refractivity contribution >= 4 is 12.4 Å². The molecule has 0 aliphatic carbocycles. The Balaban J connectivity index is 0.000000605. The first kappa shape index (κ1) is 9.30. The average molecular weight is 178 g/mol. The second-order valence-electron chi connectivity index (χ2n) is 3.63. The van der Waals surface area contributed by atoms with Crippen LogP contribution < -0.4 is 5.32 Å². The third-order valence-corrected chi connectivity index (χ3v) is 2.87. The predicted octanol–water partition coefficient (Wildman–Crippen LogP) is 1.34. The molecule has 2 nitrogen and oxygen atoms in total. The van der Waals surface area contributed by atoms with Crippen molar-refractivity contribution in [1.29, 1.82) is 0 Å². The van der Waals surface area contributed by atoms with Crippen LogP contribution in [0.15, 0.2) is 0 Å². The lowest BCUT2D eigenvalue weighted by Crippen LogP contribution is -2.40. The highest BCUT2D eigenvalue weighted by Crippen LogP contribution is 2.37. The Morgan fingerprint density at radius 2 is 2.09 bits per heavy atom. The summed E-state index contributed by atoms with van der Waals surface area (Å²) in [7, 11) is 1.79. The highest BCUT2D eigenvalue weighted by atomic mass is 35.5. The number of nitrogens with one attached hydrogen (secondary N) is 1. The van der Waals surface area contributed by atoms with Crippen LogP contribution in [-0.2, 0) is 4.74 Å². The summed E-state index contributed by atoms with van der Waals surface area (Å²) in [5, 5.41) is 3.62. The number of ether oxygens (including phenoxy) is 1. The SMILES string of the molecule is COCC12CCC(CC1)N2.Cl. The molecule has 2 heterocycles. The van der Waals surface area contributed by atoms with Gasteiger partial charge in [0.25, 0.3) is 0 Å². The van der Waals surface area contributed by atoms with Crippen LogP contribution in [0.3, 0.4) is 0 Å². The lowest BCUT2D eigenvalue weighted by Gasteiger charge is -2.24. The molecule has 1 N–H and O–H groups in total. The van der Waals surface area contributed by atoms with Gasteiger partial charge in [0.2, 0.25) is 0 Å². The van der Waals surface area contributed by atoms with Crippen molar-refractivity contribution in [3.05, 3.63) is 0 Å². The maximum absolute atomic E-state index is 5.18. The molecule has 2 fully saturated rings. The van der Waals surface area contributed by atoms with E-state index in [0.717, 1.165) is 12.6 Å². The molecule has 11 heavy (non-hydrogen) atoms. The fourth-order valence-corrected chi connectivity index (χ4v) is 2.35. The van der Waals surface area contributed by atoms with Gasteiger partial charge in [0, 0.05) is 18.7 Å². The molecular formula is C8H16ClNO. The second kappa shape index (κ2) is 3.30. The minimum Gasteiger partial charge on any atom is -0.383 e. The van der Waals surface area contributed by atoms with E-state index in [2.05, 4.69) is 5.32 Å². The summed E-state index contributed by atoms with van der Waals surface area (Å²) in [5.41, 5.74) is 0.388. The Bertz CT molecular complexity index is 132. The number of methoxy groups -OCH3 is 1. The molecule has 0 unspecified atom stereocenters. The maximum atomic E-state index is 5.18. The van der Waals surface area contributed by atoms with Crippen molar-refractivity contribution in [2.24, 2.45) is 0 Å². The molecule has 66 valence electrons. The van der Waals surface area contributed by atoms with E-state index in [0.29, 0.717) is 5.54 Å². The van der Waals surface area contributed by atoms with Gasteiger partial charge in [-0.1, -0.05) is 0 Å². The number of fused-ring (bicyclic) bond motifs is 2. The molecule has 2 bridgehead atoms. The molecule has 3 heteroatoms. The number of halogens is 1. The summed E-state index contributed by atoms with van der Waals surface area (Å²) in [6.45, 7) is 0.906. The summed E-state index contributed by atoms with van der Waals surface area (Å²) >= 11 is 0. The van der Waals surface area contributed by atoms with Crippen molar-refractivity contribution in [2.45, 2.75) is 37.3 Å². The molecule has 0 atom stereocenters. The first-order valence-corrected chi connectivity index (χ1v) is 4.11. The van der Waals surface area contributed by atoms with Gasteiger partial charge in [-0.05, 0) is 25.7 Å². The Kier molecular flexibility index (Phi) is 2.79. The van der Waals surface area contributed by atoms with Crippen molar-refractivity contribution in [3.8, 4) is 0 Å². The van der Waals surface area contributed by atoms with Crippen molar-refractivity contribution in [2.75, 3.05) is 13.7 Å². The van der Waals surface area contributed by atoms with Crippen LogP contribution in [0.25, 0.3) is 0 Å². The Labute approximate surface area is 74.1 Å². The van der Waals surface area contributed by atoms with Gasteiger partial charge in [-0.2, -0.15) is 0 Å². The maximum Gasteiger partial charge on any atom is 0.0644 e. The van der Waals surface area contributed by atoms with Crippen molar-refractivity contribution in [3.63, 3.8) is 0 Å². The average Bonchev–Trinajstić information content (AvgIpc) is 2.46. The van der Waals surface area contributed by atoms with Gasteiger partial charge < -0.3 is 10.1 Å². The summed E-state index contributed by atoms with van der Waals surface area (Å²) < 4.78 is 5.18. The highest BCUT2D eigenvalue weighted by molar-refractivity contribution is 5.85. The number of hydrogen-bond donors (Lipinski definition) is 1. The van der Waals surface area contributed by atoms with E-state index in [1.807, 2.05) is 0 Å². The van der Waals surface area contributed by atoms with E-state index >= 15 is 0 Å². The minimum absolute atomic E-state index is 0. The van der Waals surface area contributed by atoms with Crippen LogP contribution in [0, 0.1) is 0 Å². The molecule has 2 aliphatic heterocycles. The van der Waals surface area contributed by atoms with Gasteiger partial charge in [-0.15, -0.1) is 12.4 Å². The van der Waals surface area contributed by atoms with Crippen LogP contribution in [0.4, 0.5) is 0 Å². The zero-order chi connectivity index (χ0) is 7.03. The second-order valence-corrected chi connectivity index (χ2v) is 3.63. The Morgan fingerprint density at radius 1 is 1.45 bits per heavy atom. The highest BCUT2D eigenvalue weighted by Gasteiger charge is 2.43.